The number of thioether (sulfide) groups is 1. The van der Waals surface area contributed by atoms with Crippen molar-refractivity contribution in [3.05, 3.63) is 59.4 Å². The first-order valence-corrected chi connectivity index (χ1v) is 8.05. The minimum Gasteiger partial charge on any atom is -0.411 e. The van der Waals surface area contributed by atoms with Crippen molar-refractivity contribution in [1.82, 2.24) is 20.2 Å². The molecule has 0 saturated carbocycles. The summed E-state index contributed by atoms with van der Waals surface area (Å²) in [6, 6.07) is 10.8. The second-order valence-corrected chi connectivity index (χ2v) is 5.92. The van der Waals surface area contributed by atoms with Crippen molar-refractivity contribution in [3.63, 3.8) is 0 Å². The molecule has 0 unspecified atom stereocenters. The lowest BCUT2D eigenvalue weighted by molar-refractivity contribution is 0.319. The van der Waals surface area contributed by atoms with Crippen molar-refractivity contribution >= 4 is 29.1 Å². The SMILES string of the molecule is O/N=C(/CSc1n[nH]c(-c2ccncc2)n1)c1ccc(Cl)cc1. The van der Waals surface area contributed by atoms with Crippen LogP contribution in [0, 0.1) is 0 Å². The predicted octanol–water partition coefficient (Wildman–Crippen LogP) is 3.49. The number of rotatable bonds is 5. The molecule has 0 aliphatic heterocycles. The number of oxime groups is 1. The van der Waals surface area contributed by atoms with E-state index in [0.717, 1.165) is 11.1 Å². The number of aromatic amines is 1. The first-order valence-electron chi connectivity index (χ1n) is 6.69. The molecule has 1 aromatic carbocycles. The van der Waals surface area contributed by atoms with Crippen molar-refractivity contribution in [2.45, 2.75) is 5.16 Å². The third kappa shape index (κ3) is 3.88. The molecular weight excluding hydrogens is 334 g/mol. The lowest BCUT2D eigenvalue weighted by Gasteiger charge is -2.02. The van der Waals surface area contributed by atoms with Gasteiger partial charge >= 0.3 is 0 Å². The number of benzene rings is 1. The number of nitrogens with one attached hydrogen (secondary N) is 1. The molecule has 0 spiro atoms. The fraction of sp³-hybridized carbons (Fsp3) is 0.0667. The van der Waals surface area contributed by atoms with E-state index in [-0.39, 0.29) is 0 Å². The Bertz CT molecular complexity index is 804. The molecular formula is C15H12ClN5OS. The molecule has 3 rings (SSSR count). The molecule has 0 radical (unpaired) electrons. The highest BCUT2D eigenvalue weighted by atomic mass is 35.5. The number of hydrogen-bond acceptors (Lipinski definition) is 6. The van der Waals surface area contributed by atoms with Gasteiger partial charge in [-0.25, -0.2) is 4.98 Å². The van der Waals surface area contributed by atoms with Gasteiger partial charge in [0.25, 0.3) is 0 Å². The summed E-state index contributed by atoms with van der Waals surface area (Å²) in [4.78, 5) is 8.37. The lowest BCUT2D eigenvalue weighted by atomic mass is 10.1. The van der Waals surface area contributed by atoms with Crippen LogP contribution in [0.1, 0.15) is 5.56 Å². The second kappa shape index (κ2) is 7.26. The van der Waals surface area contributed by atoms with E-state index in [4.69, 9.17) is 11.6 Å². The highest BCUT2D eigenvalue weighted by Crippen LogP contribution is 2.20. The van der Waals surface area contributed by atoms with Crippen LogP contribution >= 0.6 is 23.4 Å². The van der Waals surface area contributed by atoms with Gasteiger partial charge in [-0.1, -0.05) is 40.7 Å². The Hall–Kier alpha value is -2.38. The van der Waals surface area contributed by atoms with Crippen molar-refractivity contribution in [2.24, 2.45) is 5.16 Å². The summed E-state index contributed by atoms with van der Waals surface area (Å²) in [5.74, 6) is 1.11. The Kier molecular flexibility index (Phi) is 4.89. The van der Waals surface area contributed by atoms with Crippen molar-refractivity contribution < 1.29 is 5.21 Å². The molecule has 2 N–H and O–H groups in total. The third-order valence-electron chi connectivity index (χ3n) is 3.05. The van der Waals surface area contributed by atoms with Gasteiger partial charge in [0.15, 0.2) is 5.82 Å². The Balaban J connectivity index is 1.68. The fourth-order valence-corrected chi connectivity index (χ4v) is 2.78. The number of halogens is 1. The summed E-state index contributed by atoms with van der Waals surface area (Å²) in [7, 11) is 0. The zero-order valence-electron chi connectivity index (χ0n) is 11.8. The van der Waals surface area contributed by atoms with Crippen LogP contribution < -0.4 is 0 Å². The van der Waals surface area contributed by atoms with E-state index in [0.29, 0.717) is 27.5 Å². The van der Waals surface area contributed by atoms with Crippen LogP contribution in [0.5, 0.6) is 0 Å². The zero-order valence-corrected chi connectivity index (χ0v) is 13.4. The van der Waals surface area contributed by atoms with Crippen LogP contribution in [0.4, 0.5) is 0 Å². The first-order chi connectivity index (χ1) is 11.3. The van der Waals surface area contributed by atoms with E-state index in [1.807, 2.05) is 12.1 Å². The largest absolute Gasteiger partial charge is 0.411 e. The molecule has 0 aliphatic carbocycles. The van der Waals surface area contributed by atoms with Crippen LogP contribution in [-0.4, -0.2) is 36.8 Å². The Morgan fingerprint density at radius 1 is 1.17 bits per heavy atom. The zero-order chi connectivity index (χ0) is 16.1. The summed E-state index contributed by atoms with van der Waals surface area (Å²) in [5.41, 5.74) is 2.24. The van der Waals surface area contributed by atoms with E-state index in [1.165, 1.54) is 11.8 Å². The number of hydrogen-bond donors (Lipinski definition) is 2. The quantitative estimate of drug-likeness (QED) is 0.320. The molecule has 0 aliphatic rings. The molecule has 2 aromatic heterocycles. The van der Waals surface area contributed by atoms with Crippen LogP contribution in [0.25, 0.3) is 11.4 Å². The van der Waals surface area contributed by atoms with Crippen molar-refractivity contribution in [2.75, 3.05) is 5.75 Å². The van der Waals surface area contributed by atoms with E-state index < -0.39 is 0 Å². The molecule has 0 amide bonds. The summed E-state index contributed by atoms with van der Waals surface area (Å²) in [6.07, 6.45) is 3.39. The molecule has 3 aromatic rings. The van der Waals surface area contributed by atoms with Gasteiger partial charge < -0.3 is 5.21 Å². The predicted molar refractivity (Wildman–Crippen MR) is 90.1 cm³/mol. The maximum atomic E-state index is 9.20. The van der Waals surface area contributed by atoms with E-state index in [1.54, 1.807) is 36.7 Å². The topological polar surface area (TPSA) is 87.0 Å². The van der Waals surface area contributed by atoms with Gasteiger partial charge in [-0.15, -0.1) is 5.10 Å². The molecule has 0 fully saturated rings. The molecule has 116 valence electrons. The molecule has 8 heteroatoms. The average molecular weight is 346 g/mol. The number of nitrogens with zero attached hydrogens (tertiary/aromatic N) is 4. The first kappa shape index (κ1) is 15.5. The highest BCUT2D eigenvalue weighted by Gasteiger charge is 2.10. The normalized spacial score (nSPS) is 11.6. The van der Waals surface area contributed by atoms with Crippen LogP contribution in [-0.2, 0) is 0 Å². The highest BCUT2D eigenvalue weighted by molar-refractivity contribution is 7.99. The standard InChI is InChI=1S/C15H12ClN5OS/c16-12-3-1-10(2-4-12)13(21-22)9-23-15-18-14(19-20-15)11-5-7-17-8-6-11/h1-8,22H,9H2,(H,18,19,20)/b21-13-. The van der Waals surface area contributed by atoms with E-state index in [9.17, 15) is 5.21 Å². The Morgan fingerprint density at radius 3 is 2.61 bits per heavy atom. The van der Waals surface area contributed by atoms with Gasteiger partial charge in [0.1, 0.15) is 0 Å². The summed E-state index contributed by atoms with van der Waals surface area (Å²) < 4.78 is 0. The van der Waals surface area contributed by atoms with Crippen LogP contribution in [0.2, 0.25) is 5.02 Å². The minimum absolute atomic E-state index is 0.436. The summed E-state index contributed by atoms with van der Waals surface area (Å²) in [5, 5.41) is 20.8. The molecule has 0 atom stereocenters. The van der Waals surface area contributed by atoms with E-state index >= 15 is 0 Å². The van der Waals surface area contributed by atoms with E-state index in [2.05, 4.69) is 25.3 Å². The van der Waals surface area contributed by atoms with Crippen molar-refractivity contribution in [1.29, 1.82) is 0 Å². The van der Waals surface area contributed by atoms with Crippen molar-refractivity contribution in [3.8, 4) is 11.4 Å². The fourth-order valence-electron chi connectivity index (χ4n) is 1.89. The van der Waals surface area contributed by atoms with Crippen LogP contribution in [0.3, 0.4) is 0 Å². The van der Waals surface area contributed by atoms with Gasteiger partial charge in [-0.2, -0.15) is 0 Å². The minimum atomic E-state index is 0.436. The van der Waals surface area contributed by atoms with Gasteiger partial charge in [-0.3, -0.25) is 10.1 Å². The third-order valence-corrected chi connectivity index (χ3v) is 4.17. The Labute approximate surface area is 141 Å². The molecule has 23 heavy (non-hydrogen) atoms. The van der Waals surface area contributed by atoms with Gasteiger partial charge in [-0.05, 0) is 24.3 Å². The van der Waals surface area contributed by atoms with Gasteiger partial charge in [0, 0.05) is 34.3 Å². The van der Waals surface area contributed by atoms with Gasteiger partial charge in [0.05, 0.1) is 5.71 Å². The molecule has 0 saturated heterocycles. The Morgan fingerprint density at radius 2 is 1.91 bits per heavy atom. The number of aromatic nitrogens is 4. The number of pyridine rings is 1. The lowest BCUT2D eigenvalue weighted by Crippen LogP contribution is -2.04. The average Bonchev–Trinajstić information content (AvgIpc) is 3.07. The van der Waals surface area contributed by atoms with Crippen LogP contribution in [0.15, 0.2) is 59.1 Å². The maximum absolute atomic E-state index is 9.20. The number of H-pyrrole nitrogens is 1. The molecule has 2 heterocycles. The van der Waals surface area contributed by atoms with Gasteiger partial charge in [0.2, 0.25) is 5.16 Å². The second-order valence-electron chi connectivity index (χ2n) is 4.54. The summed E-state index contributed by atoms with van der Waals surface area (Å²) >= 11 is 7.23. The summed E-state index contributed by atoms with van der Waals surface area (Å²) in [6.45, 7) is 0. The monoisotopic (exact) mass is 345 g/mol. The molecule has 6 nitrogen and oxygen atoms in total. The maximum Gasteiger partial charge on any atom is 0.209 e. The molecule has 0 bridgehead atoms. The smallest absolute Gasteiger partial charge is 0.209 e.